The van der Waals surface area contributed by atoms with E-state index < -0.39 is 24.9 Å². The Morgan fingerprint density at radius 3 is 2.74 bits per heavy atom. The Bertz CT molecular complexity index is 1760. The molecule has 38 heavy (non-hydrogen) atoms. The van der Waals surface area contributed by atoms with E-state index in [0.717, 1.165) is 21.4 Å². The highest BCUT2D eigenvalue weighted by Crippen LogP contribution is 2.31. The van der Waals surface area contributed by atoms with Gasteiger partial charge in [0, 0.05) is 41.5 Å². The molecule has 0 spiro atoms. The number of rotatable bonds is 6. The van der Waals surface area contributed by atoms with Crippen molar-refractivity contribution in [1.29, 1.82) is 0 Å². The van der Waals surface area contributed by atoms with Gasteiger partial charge in [0.1, 0.15) is 18.2 Å². The Morgan fingerprint density at radius 2 is 1.95 bits per heavy atom. The molecule has 1 saturated heterocycles. The van der Waals surface area contributed by atoms with Crippen molar-refractivity contribution in [3.8, 4) is 11.4 Å². The molecule has 0 atom stereocenters. The van der Waals surface area contributed by atoms with Gasteiger partial charge in [0.2, 0.25) is 0 Å². The maximum atomic E-state index is 13.4. The fourth-order valence-electron chi connectivity index (χ4n) is 4.64. The maximum absolute atomic E-state index is 13.4. The van der Waals surface area contributed by atoms with E-state index in [1.165, 1.54) is 7.11 Å². The first-order valence-electron chi connectivity index (χ1n) is 11.8. The lowest BCUT2D eigenvalue weighted by Crippen LogP contribution is -2.58. The summed E-state index contributed by atoms with van der Waals surface area (Å²) in [5, 5.41) is 5.40. The standard InChI is InChI=1S/C27H22F2N6O3/c1-38-15-35-21-12-18(3-2-17(21)11-22(35)26(37)34-13-27(28,29)14-34)24-30-9-7-23(33-24)32-19-4-5-20-16(10-19)6-8-31-25(20)36/h2-12H,13-15H2,1H3,(H,31,36)(H,30,32,33). The van der Waals surface area contributed by atoms with Crippen molar-refractivity contribution in [3.05, 3.63) is 83.0 Å². The zero-order valence-corrected chi connectivity index (χ0v) is 20.2. The number of ether oxygens (including phenoxy) is 1. The molecule has 5 aromatic rings. The second-order valence-corrected chi connectivity index (χ2v) is 9.17. The average Bonchev–Trinajstić information content (AvgIpc) is 3.25. The Morgan fingerprint density at radius 1 is 1.11 bits per heavy atom. The number of amides is 1. The number of carbonyl (C=O) groups is 1. The molecule has 0 unspecified atom stereocenters. The first-order chi connectivity index (χ1) is 18.3. The Hall–Kier alpha value is -4.64. The first kappa shape index (κ1) is 23.7. The fraction of sp³-hybridized carbons (Fsp3) is 0.185. The number of fused-ring (bicyclic) bond motifs is 2. The van der Waals surface area contributed by atoms with E-state index in [0.29, 0.717) is 28.1 Å². The zero-order valence-electron chi connectivity index (χ0n) is 20.2. The van der Waals surface area contributed by atoms with E-state index in [2.05, 4.69) is 20.3 Å². The Labute approximate surface area is 214 Å². The summed E-state index contributed by atoms with van der Waals surface area (Å²) in [5.74, 6) is -2.30. The third kappa shape index (κ3) is 4.26. The van der Waals surface area contributed by atoms with Gasteiger partial charge in [0.05, 0.1) is 18.6 Å². The Balaban J connectivity index is 1.32. The van der Waals surface area contributed by atoms with Gasteiger partial charge in [-0.2, -0.15) is 0 Å². The van der Waals surface area contributed by atoms with E-state index in [1.807, 2.05) is 30.3 Å². The molecule has 4 heterocycles. The minimum Gasteiger partial charge on any atom is -0.364 e. The van der Waals surface area contributed by atoms with E-state index >= 15 is 0 Å². The molecule has 9 nitrogen and oxygen atoms in total. The number of benzene rings is 2. The molecule has 0 aliphatic carbocycles. The van der Waals surface area contributed by atoms with Crippen LogP contribution >= 0.6 is 0 Å². The van der Waals surface area contributed by atoms with Crippen LogP contribution in [0.1, 0.15) is 10.5 Å². The number of likely N-dealkylation sites (tertiary alicyclic amines) is 1. The molecule has 6 rings (SSSR count). The fourth-order valence-corrected chi connectivity index (χ4v) is 4.64. The van der Waals surface area contributed by atoms with Crippen molar-refractivity contribution in [2.24, 2.45) is 0 Å². The molecule has 1 aliphatic heterocycles. The number of nitrogens with zero attached hydrogens (tertiary/aromatic N) is 4. The highest BCUT2D eigenvalue weighted by atomic mass is 19.3. The quantitative estimate of drug-likeness (QED) is 0.347. The van der Waals surface area contributed by atoms with Gasteiger partial charge in [-0.25, -0.2) is 18.7 Å². The zero-order chi connectivity index (χ0) is 26.4. The third-order valence-electron chi connectivity index (χ3n) is 6.47. The molecular formula is C27H22F2N6O3. The molecular weight excluding hydrogens is 494 g/mol. The van der Waals surface area contributed by atoms with Gasteiger partial charge in [-0.3, -0.25) is 9.59 Å². The molecule has 0 radical (unpaired) electrons. The van der Waals surface area contributed by atoms with Crippen molar-refractivity contribution >= 4 is 39.1 Å². The monoisotopic (exact) mass is 516 g/mol. The van der Waals surface area contributed by atoms with Crippen molar-refractivity contribution in [3.63, 3.8) is 0 Å². The van der Waals surface area contributed by atoms with E-state index in [9.17, 15) is 18.4 Å². The number of halogens is 2. The van der Waals surface area contributed by atoms with Crippen LogP contribution in [0, 0.1) is 0 Å². The van der Waals surface area contributed by atoms with Crippen LogP contribution in [0.2, 0.25) is 0 Å². The topological polar surface area (TPSA) is 105 Å². The number of hydrogen-bond acceptors (Lipinski definition) is 6. The molecule has 1 amide bonds. The van der Waals surface area contributed by atoms with Crippen molar-refractivity contribution in [1.82, 2.24) is 24.4 Å². The molecule has 3 aromatic heterocycles. The van der Waals surface area contributed by atoms with Gasteiger partial charge in [-0.15, -0.1) is 0 Å². The smallest absolute Gasteiger partial charge is 0.282 e. The number of hydrogen-bond donors (Lipinski definition) is 2. The highest BCUT2D eigenvalue weighted by molar-refractivity contribution is 6.00. The summed E-state index contributed by atoms with van der Waals surface area (Å²) < 4.78 is 33.7. The average molecular weight is 517 g/mol. The number of nitrogens with one attached hydrogen (secondary N) is 2. The largest absolute Gasteiger partial charge is 0.364 e. The lowest BCUT2D eigenvalue weighted by Gasteiger charge is -2.38. The molecule has 1 fully saturated rings. The van der Waals surface area contributed by atoms with Crippen LogP contribution < -0.4 is 10.9 Å². The van der Waals surface area contributed by atoms with Gasteiger partial charge in [0.25, 0.3) is 17.4 Å². The number of aromatic nitrogens is 4. The molecule has 0 saturated carbocycles. The van der Waals surface area contributed by atoms with Crippen LogP contribution in [0.4, 0.5) is 20.3 Å². The van der Waals surface area contributed by atoms with Crippen LogP contribution in [-0.4, -0.2) is 56.4 Å². The first-order valence-corrected chi connectivity index (χ1v) is 11.8. The third-order valence-corrected chi connectivity index (χ3v) is 6.47. The van der Waals surface area contributed by atoms with Crippen molar-refractivity contribution < 1.29 is 18.3 Å². The van der Waals surface area contributed by atoms with Gasteiger partial charge in [-0.05, 0) is 47.9 Å². The predicted molar refractivity (Wildman–Crippen MR) is 139 cm³/mol. The second kappa shape index (κ2) is 9.03. The Kier molecular flexibility index (Phi) is 5.64. The number of aromatic amines is 1. The molecule has 2 N–H and O–H groups in total. The van der Waals surface area contributed by atoms with Crippen LogP contribution in [0.5, 0.6) is 0 Å². The summed E-state index contributed by atoms with van der Waals surface area (Å²) in [6.07, 6.45) is 3.23. The molecule has 1 aliphatic rings. The van der Waals surface area contributed by atoms with Crippen LogP contribution in [0.25, 0.3) is 33.1 Å². The van der Waals surface area contributed by atoms with Gasteiger partial charge >= 0.3 is 0 Å². The maximum Gasteiger partial charge on any atom is 0.282 e. The van der Waals surface area contributed by atoms with Gasteiger partial charge < -0.3 is 24.5 Å². The van der Waals surface area contributed by atoms with E-state index in [4.69, 9.17) is 4.74 Å². The number of H-pyrrole nitrogens is 1. The molecule has 192 valence electrons. The van der Waals surface area contributed by atoms with Crippen molar-refractivity contribution in [2.75, 3.05) is 25.5 Å². The second-order valence-electron chi connectivity index (χ2n) is 9.17. The van der Waals surface area contributed by atoms with Gasteiger partial charge in [-0.1, -0.05) is 12.1 Å². The molecule has 2 aromatic carbocycles. The minimum atomic E-state index is -2.85. The molecule has 0 bridgehead atoms. The number of carbonyl (C=O) groups excluding carboxylic acids is 1. The van der Waals surface area contributed by atoms with Crippen LogP contribution in [-0.2, 0) is 11.5 Å². The number of anilines is 2. The van der Waals surface area contributed by atoms with E-state index in [1.54, 1.807) is 41.2 Å². The number of alkyl halides is 2. The summed E-state index contributed by atoms with van der Waals surface area (Å²) >= 11 is 0. The normalized spacial score (nSPS) is 14.6. The van der Waals surface area contributed by atoms with Crippen molar-refractivity contribution in [2.45, 2.75) is 12.7 Å². The summed E-state index contributed by atoms with van der Waals surface area (Å²) in [6.45, 7) is -1.11. The summed E-state index contributed by atoms with van der Waals surface area (Å²) in [4.78, 5) is 37.7. The summed E-state index contributed by atoms with van der Waals surface area (Å²) in [6, 6.07) is 16.2. The number of pyridine rings is 1. The summed E-state index contributed by atoms with van der Waals surface area (Å²) in [5.41, 5.74) is 2.29. The van der Waals surface area contributed by atoms with Crippen LogP contribution in [0.15, 0.2) is 71.8 Å². The van der Waals surface area contributed by atoms with E-state index in [-0.39, 0.29) is 18.0 Å². The number of methoxy groups -OCH3 is 1. The van der Waals surface area contributed by atoms with Crippen LogP contribution in [0.3, 0.4) is 0 Å². The SMILES string of the molecule is COCn1c(C(=O)N2CC(F)(F)C2)cc2ccc(-c3nccc(Nc4ccc5c(=O)[nH]ccc5c4)n3)cc21. The predicted octanol–water partition coefficient (Wildman–Crippen LogP) is 4.38. The summed E-state index contributed by atoms with van der Waals surface area (Å²) in [7, 11) is 1.50. The molecule has 11 heteroatoms. The van der Waals surface area contributed by atoms with Gasteiger partial charge in [0.15, 0.2) is 5.82 Å². The minimum absolute atomic E-state index is 0.0749. The highest BCUT2D eigenvalue weighted by Gasteiger charge is 2.47. The lowest BCUT2D eigenvalue weighted by molar-refractivity contribution is -0.113. The lowest BCUT2D eigenvalue weighted by atomic mass is 10.1.